The van der Waals surface area contributed by atoms with Gasteiger partial charge in [0.25, 0.3) is 0 Å². The van der Waals surface area contributed by atoms with E-state index in [-0.39, 0.29) is 23.5 Å². The van der Waals surface area contributed by atoms with Gasteiger partial charge in [-0.25, -0.2) is 0 Å². The summed E-state index contributed by atoms with van der Waals surface area (Å²) in [6.45, 7) is 15.8. The van der Waals surface area contributed by atoms with Gasteiger partial charge < -0.3 is 23.7 Å². The third-order valence-electron chi connectivity index (χ3n) is 25.0. The molecule has 0 amide bonds. The molecule has 0 N–H and O–H groups in total. The van der Waals surface area contributed by atoms with Crippen LogP contribution in [0.15, 0.2) is 146 Å². The average Bonchev–Trinajstić information content (AvgIpc) is 0.912. The van der Waals surface area contributed by atoms with Crippen molar-refractivity contribution in [3.8, 4) is 28.7 Å². The molecule has 0 atom stereocenters. The largest absolute Gasteiger partial charge is 0.493 e. The van der Waals surface area contributed by atoms with Crippen molar-refractivity contribution in [3.63, 3.8) is 0 Å². The van der Waals surface area contributed by atoms with Gasteiger partial charge in [-0.05, 0) is 245 Å². The molecule has 10 rings (SSSR count). The molecule has 0 unspecified atom stereocenters. The number of ether oxygens (including phenoxy) is 5. The van der Waals surface area contributed by atoms with Gasteiger partial charge in [0.2, 0.25) is 0 Å². The maximum Gasteiger partial charge on any atom is 0.119 e. The van der Waals surface area contributed by atoms with Crippen LogP contribution in [0.3, 0.4) is 0 Å². The molecule has 5 radical (unpaired) electrons. The predicted octanol–water partition coefficient (Wildman–Crippen LogP) is 34.7. The second-order valence-electron chi connectivity index (χ2n) is 34.4. The quantitative estimate of drug-likeness (QED) is 0.0287. The molecule has 15 heteroatoms. The molecule has 0 spiro atoms. The molecule has 0 aliphatic heterocycles. The Balaban J connectivity index is 0.000000711. The summed E-state index contributed by atoms with van der Waals surface area (Å²) in [6, 6.07) is 39.3. The van der Waals surface area contributed by atoms with Crippen LogP contribution in [-0.2, 0) is 0 Å². The maximum absolute atomic E-state index is 5.91. The Morgan fingerprint density at radius 2 is 0.304 bits per heavy atom. The van der Waals surface area contributed by atoms with Gasteiger partial charge in [0, 0.05) is 24.5 Å². The van der Waals surface area contributed by atoms with Crippen LogP contribution in [0.5, 0.6) is 28.7 Å². The lowest BCUT2D eigenvalue weighted by Crippen LogP contribution is -2.20. The van der Waals surface area contributed by atoms with E-state index in [2.05, 4.69) is 34.6 Å². The highest BCUT2D eigenvalue weighted by molar-refractivity contribution is 7.81. The highest BCUT2D eigenvalue weighted by Crippen LogP contribution is 2.38. The monoisotopic (exact) mass is 1700 g/mol. The van der Waals surface area contributed by atoms with E-state index in [1.807, 2.05) is 121 Å². The summed E-state index contributed by atoms with van der Waals surface area (Å²) in [7, 11) is 0. The summed E-state index contributed by atoms with van der Waals surface area (Å²) in [6.07, 6.45) is 70.2. The van der Waals surface area contributed by atoms with Crippen molar-refractivity contribution in [2.24, 2.45) is 59.2 Å². The first kappa shape index (κ1) is 109. The SMILES string of the molecule is CCCCCCCC1CCC(COc2ccc([S])cc2)CC1.CCCCCCCC1CCC(COc2ccc([S])cc2)CC1.CCCCCCCC1CCC(COc2ccc([S])cc2)CC1.CCCCCCCC1CCC(COc2ccc([S])cc2)CC1.CCCCCCCC1CCC(COc2ccc([S])cc2)CC1.F.F.F.F.F. The van der Waals surface area contributed by atoms with E-state index in [1.165, 1.54) is 321 Å². The fourth-order valence-corrected chi connectivity index (χ4v) is 18.0. The van der Waals surface area contributed by atoms with Crippen molar-refractivity contribution >= 4 is 63.1 Å². The van der Waals surface area contributed by atoms with Crippen LogP contribution in [0.1, 0.15) is 356 Å². The molecule has 0 saturated heterocycles. The molecule has 0 bridgehead atoms. The molecule has 655 valence electrons. The van der Waals surface area contributed by atoms with Crippen LogP contribution < -0.4 is 23.7 Å². The van der Waals surface area contributed by atoms with Gasteiger partial charge >= 0.3 is 0 Å². The van der Waals surface area contributed by atoms with Gasteiger partial charge in [-0.1, -0.05) is 355 Å². The van der Waals surface area contributed by atoms with Gasteiger partial charge in [0.15, 0.2) is 0 Å². The summed E-state index contributed by atoms with van der Waals surface area (Å²) in [5.41, 5.74) is 0. The van der Waals surface area contributed by atoms with E-state index in [1.54, 1.807) is 0 Å². The third kappa shape index (κ3) is 52.6. The lowest BCUT2D eigenvalue weighted by Gasteiger charge is -2.28. The minimum absolute atomic E-state index is 0. The average molecular weight is 1700 g/mol. The van der Waals surface area contributed by atoms with Crippen molar-refractivity contribution in [1.82, 2.24) is 0 Å². The third-order valence-corrected chi connectivity index (χ3v) is 26.3. The second-order valence-corrected chi connectivity index (χ2v) is 36.7. The molecule has 5 fully saturated rings. The predicted molar refractivity (Wildman–Crippen MR) is 496 cm³/mol. The summed E-state index contributed by atoms with van der Waals surface area (Å²) in [4.78, 5) is 4.41. The van der Waals surface area contributed by atoms with Crippen LogP contribution in [0, 0.1) is 59.2 Å². The molecular weight excluding hydrogens is 1540 g/mol. The molecule has 0 heterocycles. The minimum Gasteiger partial charge on any atom is -0.493 e. The zero-order valence-corrected chi connectivity index (χ0v) is 76.4. The number of benzene rings is 5. The molecule has 5 nitrogen and oxygen atoms in total. The number of rotatable bonds is 45. The fourth-order valence-electron chi connectivity index (χ4n) is 17.4. The number of halogens is 5. The molecule has 115 heavy (non-hydrogen) atoms. The normalized spacial score (nSPS) is 20.7. The fraction of sp³-hybridized carbons (Fsp3) is 0.700. The van der Waals surface area contributed by atoms with E-state index in [9.17, 15) is 0 Å². The second kappa shape index (κ2) is 70.5. The Labute approximate surface area is 727 Å². The Hall–Kier alpha value is -4.15. The summed E-state index contributed by atoms with van der Waals surface area (Å²) in [5.74, 6) is 13.5. The Bertz CT molecular complexity index is 2450. The van der Waals surface area contributed by atoms with Gasteiger partial charge in [0.1, 0.15) is 28.7 Å². The van der Waals surface area contributed by atoms with E-state index < -0.39 is 0 Å². The molecular formula is C100H160F5O5S5. The number of hydrogen-bond acceptors (Lipinski definition) is 5. The molecule has 0 aromatic heterocycles. The van der Waals surface area contributed by atoms with Gasteiger partial charge in [-0.15, -0.1) is 0 Å². The number of hydrogen-bond donors (Lipinski definition) is 0. The summed E-state index contributed by atoms with van der Waals surface area (Å²) >= 11 is 25.5. The van der Waals surface area contributed by atoms with Crippen LogP contribution in [0.25, 0.3) is 0 Å². The van der Waals surface area contributed by atoms with Gasteiger partial charge in [0.05, 0.1) is 33.0 Å². The van der Waals surface area contributed by atoms with Crippen molar-refractivity contribution in [3.05, 3.63) is 121 Å². The molecule has 5 saturated carbocycles. The van der Waals surface area contributed by atoms with E-state index in [0.29, 0.717) is 0 Å². The van der Waals surface area contributed by atoms with Crippen LogP contribution in [0.4, 0.5) is 23.5 Å². The van der Waals surface area contributed by atoms with Gasteiger partial charge in [-0.2, -0.15) is 0 Å². The number of unbranched alkanes of at least 4 members (excludes halogenated alkanes) is 20. The first-order valence-electron chi connectivity index (χ1n) is 45.9. The Morgan fingerprint density at radius 3 is 0.435 bits per heavy atom. The van der Waals surface area contributed by atoms with Crippen molar-refractivity contribution in [1.29, 1.82) is 0 Å². The molecule has 5 aromatic rings. The van der Waals surface area contributed by atoms with Crippen molar-refractivity contribution < 1.29 is 47.2 Å². The molecule has 5 aliphatic carbocycles. The minimum atomic E-state index is 0. The van der Waals surface area contributed by atoms with Crippen molar-refractivity contribution in [2.75, 3.05) is 33.0 Å². The Morgan fingerprint density at radius 1 is 0.183 bits per heavy atom. The van der Waals surface area contributed by atoms with Crippen LogP contribution in [-0.4, -0.2) is 33.0 Å². The van der Waals surface area contributed by atoms with Crippen LogP contribution in [0.2, 0.25) is 0 Å². The zero-order valence-electron chi connectivity index (χ0n) is 72.3. The lowest BCUT2D eigenvalue weighted by molar-refractivity contribution is 0.177. The standard InChI is InChI=1S/5C20H31OS.5FH/c5*1-2-3-4-5-6-7-17-8-10-18(11-9-17)16-21-19-12-14-20(22)15-13-19;;;;;/h5*12-15,17-18H,2-11,16H2,1H3;5*1H. The van der Waals surface area contributed by atoms with E-state index >= 15 is 0 Å². The Kier molecular flexibility index (Phi) is 66.8. The van der Waals surface area contributed by atoms with E-state index in [0.717, 1.165) is 145 Å². The first-order valence-corrected chi connectivity index (χ1v) is 47.9. The highest BCUT2D eigenvalue weighted by atomic mass is 32.1. The summed E-state index contributed by atoms with van der Waals surface area (Å²) in [5, 5.41) is 0. The first-order chi connectivity index (χ1) is 53.9. The molecule has 5 aliphatic rings. The smallest absolute Gasteiger partial charge is 0.119 e. The maximum atomic E-state index is 5.91. The topological polar surface area (TPSA) is 46.2 Å². The van der Waals surface area contributed by atoms with E-state index in [4.69, 9.17) is 86.8 Å². The zero-order chi connectivity index (χ0) is 78.1. The highest BCUT2D eigenvalue weighted by Gasteiger charge is 2.26. The van der Waals surface area contributed by atoms with Crippen LogP contribution >= 0.6 is 63.1 Å². The summed E-state index contributed by atoms with van der Waals surface area (Å²) < 4.78 is 29.6. The van der Waals surface area contributed by atoms with Gasteiger partial charge in [-0.3, -0.25) is 23.5 Å². The molecule has 5 aromatic carbocycles. The lowest BCUT2D eigenvalue weighted by atomic mass is 9.80. The van der Waals surface area contributed by atoms with Crippen molar-refractivity contribution in [2.45, 2.75) is 380 Å².